The van der Waals surface area contributed by atoms with Gasteiger partial charge >= 0.3 is 24.1 Å². The molecule has 0 radical (unpaired) electrons. The van der Waals surface area contributed by atoms with Gasteiger partial charge in [-0.3, -0.25) is 63.8 Å². The molecule has 6 atom stereocenters. The molecule has 3 fully saturated rings. The molecule has 7 aliphatic heterocycles. The van der Waals surface area contributed by atoms with E-state index in [2.05, 4.69) is 41.4 Å². The van der Waals surface area contributed by atoms with Crippen LogP contribution in [0.15, 0.2) is 125 Å². The van der Waals surface area contributed by atoms with Crippen molar-refractivity contribution >= 4 is 47.5 Å². The van der Waals surface area contributed by atoms with E-state index < -0.39 is 40.9 Å². The molecule has 492 valence electrons. The highest BCUT2D eigenvalue weighted by molar-refractivity contribution is 6.06. The maximum absolute atomic E-state index is 13.5. The number of aliphatic imine (C=N–C) groups is 2. The maximum Gasteiger partial charge on any atom is 0.345 e. The number of likely N-dealkylation sites (N-methyl/N-ethyl adjacent to an activating group) is 1. The summed E-state index contributed by atoms with van der Waals surface area (Å²) in [6, 6.07) is 25.6. The smallest absolute Gasteiger partial charge is 0.345 e. The zero-order valence-electron chi connectivity index (χ0n) is 54.2. The Balaban J connectivity index is 0.000000144. The van der Waals surface area contributed by atoms with E-state index in [4.69, 9.17) is 28.9 Å². The molecule has 10 heterocycles. The number of ether oxygens (including phenoxy) is 1. The molecule has 7 aliphatic rings. The van der Waals surface area contributed by atoms with Crippen molar-refractivity contribution in [1.82, 2.24) is 75.1 Å². The van der Waals surface area contributed by atoms with Gasteiger partial charge in [-0.15, -0.1) is 0 Å². The van der Waals surface area contributed by atoms with Gasteiger partial charge < -0.3 is 24.3 Å². The maximum atomic E-state index is 13.5. The van der Waals surface area contributed by atoms with Gasteiger partial charge in [0.1, 0.15) is 73.3 Å². The van der Waals surface area contributed by atoms with E-state index in [9.17, 15) is 29.2 Å². The summed E-state index contributed by atoms with van der Waals surface area (Å²) in [7, 11) is 10.2. The molecule has 0 unspecified atom stereocenters. The SMILES string of the molecule is CN1C(=O)C(C)(C)ON=C1[C@@H]1c2c(cnn2C)[C@@H]2CN1C(=O)N2OCc1ccccc1.CN=C(NO)[C@@H]1c2c(cnn2C)[C@@H]2CN1C(=O)N2OCc1ccccc1.CN=C(NOC(C)(C)C(=O)OC(C)(C)C)[C@@H]1c2c(cnn2C)[C@@H]2CN1C(=O)N2OCc1ccccc1. The minimum Gasteiger partial charge on any atom is -0.458 e. The summed E-state index contributed by atoms with van der Waals surface area (Å²) < 4.78 is 10.6. The molecule has 13 rings (SSSR count). The summed E-state index contributed by atoms with van der Waals surface area (Å²) in [6.45, 7) is 14.0. The van der Waals surface area contributed by atoms with E-state index in [1.807, 2.05) is 112 Å². The molecule has 3 N–H and O–H groups in total. The first-order valence-electron chi connectivity index (χ1n) is 30.3. The number of hydroxylamine groups is 8. The number of nitrogens with one attached hydrogen (secondary N) is 2. The Bertz CT molecular complexity index is 3860. The number of rotatable bonds is 15. The van der Waals surface area contributed by atoms with Crippen molar-refractivity contribution in [1.29, 1.82) is 0 Å². The largest absolute Gasteiger partial charge is 0.458 e. The van der Waals surface area contributed by atoms with Gasteiger partial charge in [-0.1, -0.05) is 96.2 Å². The quantitative estimate of drug-likeness (QED) is 0.0433. The van der Waals surface area contributed by atoms with Crippen LogP contribution in [0.25, 0.3) is 0 Å². The van der Waals surface area contributed by atoms with Crippen LogP contribution in [0, 0.1) is 0 Å². The number of nitrogens with zero attached hydrogens (tertiary/aromatic N) is 16. The highest BCUT2D eigenvalue weighted by Gasteiger charge is 2.56. The van der Waals surface area contributed by atoms with E-state index >= 15 is 0 Å². The number of esters is 1. The topological polar surface area (TPSA) is 298 Å². The predicted octanol–water partition coefficient (Wildman–Crippen LogP) is 6.41. The number of amides is 7. The highest BCUT2D eigenvalue weighted by Crippen LogP contribution is 2.48. The molecule has 93 heavy (non-hydrogen) atoms. The Morgan fingerprint density at radius 1 is 0.602 bits per heavy atom. The fourth-order valence-electron chi connectivity index (χ4n) is 12.2. The van der Waals surface area contributed by atoms with Crippen molar-refractivity contribution in [3.63, 3.8) is 0 Å². The molecular weight excluding hydrogens is 1200 g/mol. The molecule has 7 amide bonds. The lowest BCUT2D eigenvalue weighted by Crippen LogP contribution is -2.55. The summed E-state index contributed by atoms with van der Waals surface area (Å²) in [5, 5.41) is 31.1. The van der Waals surface area contributed by atoms with Gasteiger partial charge in [-0.2, -0.15) is 30.5 Å². The van der Waals surface area contributed by atoms with Crippen LogP contribution in [0.3, 0.4) is 0 Å². The molecule has 0 spiro atoms. The second-order valence-electron chi connectivity index (χ2n) is 25.1. The fourth-order valence-corrected chi connectivity index (χ4v) is 12.2. The van der Waals surface area contributed by atoms with E-state index in [1.54, 1.807) is 117 Å². The first kappa shape index (κ1) is 64.8. The first-order valence-corrected chi connectivity index (χ1v) is 30.3. The number of urea groups is 3. The van der Waals surface area contributed by atoms with Crippen molar-refractivity contribution in [2.45, 2.75) is 121 Å². The van der Waals surface area contributed by atoms with Gasteiger partial charge in [0.2, 0.25) is 5.60 Å². The van der Waals surface area contributed by atoms with Gasteiger partial charge in [-0.25, -0.2) is 24.7 Å². The first-order chi connectivity index (χ1) is 44.4. The van der Waals surface area contributed by atoms with Crippen LogP contribution in [0.4, 0.5) is 14.4 Å². The molecule has 30 heteroatoms. The molecule has 30 nitrogen and oxygen atoms in total. The zero-order chi connectivity index (χ0) is 66.4. The van der Waals surface area contributed by atoms with Gasteiger partial charge in [0, 0.05) is 59.0 Å². The molecule has 6 bridgehead atoms. The Kier molecular flexibility index (Phi) is 17.9. The van der Waals surface area contributed by atoms with Crippen molar-refractivity contribution in [3.05, 3.63) is 160 Å². The van der Waals surface area contributed by atoms with Gasteiger partial charge in [-0.05, 0) is 65.2 Å². The average molecular weight is 1280 g/mol. The number of oxime groups is 1. The molecule has 0 saturated carbocycles. The lowest BCUT2D eigenvalue weighted by molar-refractivity contribution is -0.184. The molecule has 0 aliphatic carbocycles. The summed E-state index contributed by atoms with van der Waals surface area (Å²) in [4.78, 5) is 109. The predicted molar refractivity (Wildman–Crippen MR) is 333 cm³/mol. The van der Waals surface area contributed by atoms with Crippen molar-refractivity contribution < 1.29 is 58.1 Å². The Hall–Kier alpha value is -9.75. The minimum atomic E-state index is -1.31. The molecule has 3 saturated heterocycles. The number of aryl methyl sites for hydroxylation is 3. The number of carbonyl (C=O) groups is 5. The van der Waals surface area contributed by atoms with Gasteiger partial charge in [0.05, 0.1) is 55.3 Å². The third-order valence-corrected chi connectivity index (χ3v) is 16.9. The minimum absolute atomic E-state index is 0.229. The van der Waals surface area contributed by atoms with Crippen LogP contribution in [-0.2, 0) is 79.5 Å². The normalized spacial score (nSPS) is 22.0. The highest BCUT2D eigenvalue weighted by atomic mass is 16.7. The van der Waals surface area contributed by atoms with Crippen LogP contribution in [-0.4, -0.2) is 174 Å². The Labute approximate surface area is 537 Å². The third-order valence-electron chi connectivity index (χ3n) is 16.9. The molecular formula is C63H78N18O12. The number of fused-ring (bicyclic) bond motifs is 12. The van der Waals surface area contributed by atoms with Crippen LogP contribution in [0.2, 0.25) is 0 Å². The average Bonchev–Trinajstić information content (AvgIpc) is 1.59. The number of hydrogen-bond acceptors (Lipinski definition) is 18. The third kappa shape index (κ3) is 12.3. The molecule has 6 aromatic rings. The lowest BCUT2D eigenvalue weighted by atomic mass is 9.96. The van der Waals surface area contributed by atoms with E-state index in [-0.39, 0.29) is 61.2 Å². The number of hydrogen-bond donors (Lipinski definition) is 3. The van der Waals surface area contributed by atoms with Crippen LogP contribution in [0.1, 0.15) is 135 Å². The number of carbonyl (C=O) groups excluding carboxylic acids is 5. The summed E-state index contributed by atoms with van der Waals surface area (Å²) in [5.41, 5.74) is 9.83. The number of amidine groups is 3. The zero-order valence-corrected chi connectivity index (χ0v) is 54.2. The van der Waals surface area contributed by atoms with Crippen molar-refractivity contribution in [2.75, 3.05) is 40.8 Å². The summed E-state index contributed by atoms with van der Waals surface area (Å²) in [5.74, 6) is 0.235. The Morgan fingerprint density at radius 3 is 1.40 bits per heavy atom. The second-order valence-corrected chi connectivity index (χ2v) is 25.1. The van der Waals surface area contributed by atoms with Crippen molar-refractivity contribution in [3.8, 4) is 0 Å². The second kappa shape index (κ2) is 25.7. The van der Waals surface area contributed by atoms with Crippen LogP contribution < -0.4 is 11.0 Å². The van der Waals surface area contributed by atoms with Crippen LogP contribution in [0.5, 0.6) is 0 Å². The molecule has 3 aromatic carbocycles. The van der Waals surface area contributed by atoms with Crippen molar-refractivity contribution in [2.24, 2.45) is 36.3 Å². The lowest BCUT2D eigenvalue weighted by Gasteiger charge is -2.39. The van der Waals surface area contributed by atoms with Gasteiger partial charge in [0.15, 0.2) is 11.4 Å². The molecule has 3 aromatic heterocycles. The van der Waals surface area contributed by atoms with Gasteiger partial charge in [0.25, 0.3) is 5.91 Å². The van der Waals surface area contributed by atoms with E-state index in [1.165, 1.54) is 20.1 Å². The standard InChI is InChI=1S/C25H34N6O5.C21H24N6O4.C17H20N6O3/c1-24(2,3)35-22(32)25(4,5)36-28-21(26-6)20-19-17(13-27-29(19)7)18-14-30(20)23(33)31(18)34-15-16-11-9-8-10-12-16;1-21(2)19(28)24(3)18(23-31-21)17-16-14(10-22-25(16)4)15-11-26(17)20(29)27(15)30-12-13-8-6-5-7-9-13;1-18-16(20-25)15-14-12(8-19-21(14)2)13-9-22(15)17(24)23(13)26-10-11-6-4-3-5-7-11/h8-13,18,20H,14-15H2,1-7H3,(H,26,28);5-10,15,17H,11-12H2,1-4H3;3-8,13,15,25H,9-10H2,1-2H3,(H,18,20)/t18-,20-;15-,17-;13-,15-/m000/s1. The number of aromatic nitrogens is 6. The fraction of sp³-hybridized carbons (Fsp3) is 0.444. The summed E-state index contributed by atoms with van der Waals surface area (Å²) >= 11 is 0. The monoisotopic (exact) mass is 1280 g/mol. The van der Waals surface area contributed by atoms with E-state index in [0.29, 0.717) is 37.9 Å². The van der Waals surface area contributed by atoms with Crippen LogP contribution >= 0.6 is 0 Å². The van der Waals surface area contributed by atoms with E-state index in [0.717, 1.165) is 50.5 Å². The Morgan fingerprint density at radius 2 is 0.989 bits per heavy atom. The summed E-state index contributed by atoms with van der Waals surface area (Å²) in [6.07, 6.45) is 5.24. The number of benzene rings is 3.